The fraction of sp³-hybridized carbons (Fsp3) is 0.200. The van der Waals surface area contributed by atoms with Crippen LogP contribution in [0.4, 0.5) is 5.69 Å². The number of carbonyl (C=O) groups excluding carboxylic acids is 1. The molecule has 1 aromatic heterocycles. The number of halogens is 1. The molecule has 7 heteroatoms. The molecule has 0 bridgehead atoms. The van der Waals surface area contributed by atoms with Gasteiger partial charge in [0.2, 0.25) is 0 Å². The molecule has 0 aliphatic carbocycles. The Morgan fingerprint density at radius 1 is 1.07 bits per heavy atom. The van der Waals surface area contributed by atoms with Crippen molar-refractivity contribution in [2.24, 2.45) is 7.05 Å². The first-order chi connectivity index (χ1) is 12.9. The SMILES string of the molecule is COc1cc(NC(=O)c2cc(-c3ccc(C)cc3)n(C)n2)c(OC)cc1Cl. The van der Waals surface area contributed by atoms with Gasteiger partial charge in [-0.3, -0.25) is 9.48 Å². The highest BCUT2D eigenvalue weighted by Crippen LogP contribution is 2.36. The molecule has 1 heterocycles. The lowest BCUT2D eigenvalue weighted by molar-refractivity contribution is 0.102. The van der Waals surface area contributed by atoms with Crippen LogP contribution in [0.3, 0.4) is 0 Å². The van der Waals surface area contributed by atoms with Gasteiger partial charge in [0.15, 0.2) is 5.69 Å². The van der Waals surface area contributed by atoms with E-state index >= 15 is 0 Å². The molecular weight excluding hydrogens is 366 g/mol. The number of aryl methyl sites for hydroxylation is 2. The van der Waals surface area contributed by atoms with Crippen LogP contribution in [0.25, 0.3) is 11.3 Å². The van der Waals surface area contributed by atoms with Crippen molar-refractivity contribution in [3.8, 4) is 22.8 Å². The third kappa shape index (κ3) is 3.90. The van der Waals surface area contributed by atoms with Crippen LogP contribution in [-0.4, -0.2) is 29.9 Å². The Kier molecular flexibility index (Phi) is 5.37. The number of aromatic nitrogens is 2. The Morgan fingerprint density at radius 3 is 2.37 bits per heavy atom. The first-order valence-corrected chi connectivity index (χ1v) is 8.64. The molecule has 0 atom stereocenters. The normalized spacial score (nSPS) is 10.6. The van der Waals surface area contributed by atoms with Gasteiger partial charge in [-0.05, 0) is 18.6 Å². The monoisotopic (exact) mass is 385 g/mol. The van der Waals surface area contributed by atoms with Crippen molar-refractivity contribution >= 4 is 23.2 Å². The van der Waals surface area contributed by atoms with Crippen LogP contribution in [0.15, 0.2) is 42.5 Å². The van der Waals surface area contributed by atoms with E-state index in [2.05, 4.69) is 10.4 Å². The van der Waals surface area contributed by atoms with Crippen molar-refractivity contribution < 1.29 is 14.3 Å². The highest BCUT2D eigenvalue weighted by molar-refractivity contribution is 6.32. The fourth-order valence-corrected chi connectivity index (χ4v) is 2.95. The number of nitrogens with one attached hydrogen (secondary N) is 1. The smallest absolute Gasteiger partial charge is 0.276 e. The van der Waals surface area contributed by atoms with Crippen molar-refractivity contribution in [3.05, 3.63) is 58.7 Å². The zero-order valence-electron chi connectivity index (χ0n) is 15.5. The minimum absolute atomic E-state index is 0.295. The summed E-state index contributed by atoms with van der Waals surface area (Å²) >= 11 is 6.10. The number of benzene rings is 2. The van der Waals surface area contributed by atoms with Gasteiger partial charge >= 0.3 is 0 Å². The van der Waals surface area contributed by atoms with E-state index in [9.17, 15) is 4.79 Å². The number of hydrogen-bond donors (Lipinski definition) is 1. The van der Waals surface area contributed by atoms with Crippen molar-refractivity contribution in [2.45, 2.75) is 6.92 Å². The summed E-state index contributed by atoms with van der Waals surface area (Å²) in [6.45, 7) is 2.03. The Bertz CT molecular complexity index is 981. The molecule has 6 nitrogen and oxygen atoms in total. The van der Waals surface area contributed by atoms with E-state index in [0.717, 1.165) is 11.3 Å². The Balaban J connectivity index is 1.89. The van der Waals surface area contributed by atoms with Crippen molar-refractivity contribution in [2.75, 3.05) is 19.5 Å². The predicted molar refractivity (Wildman–Crippen MR) is 106 cm³/mol. The summed E-state index contributed by atoms with van der Waals surface area (Å²) in [5.74, 6) is 0.518. The van der Waals surface area contributed by atoms with Crippen LogP contribution in [0, 0.1) is 6.92 Å². The molecule has 0 aliphatic rings. The number of rotatable bonds is 5. The summed E-state index contributed by atoms with van der Waals surface area (Å²) in [6.07, 6.45) is 0. The summed E-state index contributed by atoms with van der Waals surface area (Å²) < 4.78 is 12.2. The molecule has 0 saturated carbocycles. The number of amides is 1. The molecule has 3 aromatic rings. The van der Waals surface area contributed by atoms with Gasteiger partial charge in [0.1, 0.15) is 11.5 Å². The van der Waals surface area contributed by atoms with Gasteiger partial charge in [-0.15, -0.1) is 0 Å². The van der Waals surface area contributed by atoms with E-state index in [1.807, 2.05) is 31.2 Å². The summed E-state index contributed by atoms with van der Waals surface area (Å²) in [5, 5.41) is 7.53. The Labute approximate surface area is 162 Å². The lowest BCUT2D eigenvalue weighted by Gasteiger charge is -2.12. The van der Waals surface area contributed by atoms with Gasteiger partial charge in [-0.1, -0.05) is 41.4 Å². The van der Waals surface area contributed by atoms with Crippen molar-refractivity contribution in [1.29, 1.82) is 0 Å². The number of ether oxygens (including phenoxy) is 2. The van der Waals surface area contributed by atoms with Crippen LogP contribution in [0.1, 0.15) is 16.1 Å². The zero-order valence-corrected chi connectivity index (χ0v) is 16.3. The molecule has 0 radical (unpaired) electrons. The predicted octanol–water partition coefficient (Wildman–Crippen LogP) is 4.32. The summed E-state index contributed by atoms with van der Waals surface area (Å²) in [4.78, 5) is 12.7. The van der Waals surface area contributed by atoms with Gasteiger partial charge in [0, 0.05) is 19.2 Å². The largest absolute Gasteiger partial charge is 0.495 e. The molecule has 140 valence electrons. The van der Waals surface area contributed by atoms with Crippen molar-refractivity contribution in [1.82, 2.24) is 9.78 Å². The van der Waals surface area contributed by atoms with E-state index in [-0.39, 0.29) is 5.91 Å². The molecule has 0 aliphatic heterocycles. The number of carbonyl (C=O) groups is 1. The highest BCUT2D eigenvalue weighted by Gasteiger charge is 2.17. The maximum Gasteiger partial charge on any atom is 0.276 e. The Morgan fingerprint density at radius 2 is 1.74 bits per heavy atom. The highest BCUT2D eigenvalue weighted by atomic mass is 35.5. The molecule has 0 fully saturated rings. The second-order valence-corrected chi connectivity index (χ2v) is 6.45. The topological polar surface area (TPSA) is 65.4 Å². The summed E-state index contributed by atoms with van der Waals surface area (Å²) in [5.41, 5.74) is 3.75. The second-order valence-electron chi connectivity index (χ2n) is 6.05. The molecule has 0 saturated heterocycles. The number of hydrogen-bond acceptors (Lipinski definition) is 4. The van der Waals surface area contributed by atoms with Crippen LogP contribution in [-0.2, 0) is 7.05 Å². The standard InChI is InChI=1S/C20H20ClN3O3/c1-12-5-7-13(8-6-12)17-10-16(23-24(17)2)20(25)22-15-11-18(26-3)14(21)9-19(15)27-4/h5-11H,1-4H3,(H,22,25). The summed E-state index contributed by atoms with van der Waals surface area (Å²) in [6, 6.07) is 13.0. The number of anilines is 1. The third-order valence-electron chi connectivity index (χ3n) is 4.18. The van der Waals surface area contributed by atoms with Gasteiger partial charge in [-0.2, -0.15) is 5.10 Å². The van der Waals surface area contributed by atoms with Crippen LogP contribution in [0.2, 0.25) is 5.02 Å². The Hall–Kier alpha value is -2.99. The molecule has 0 spiro atoms. The van der Waals surface area contributed by atoms with Crippen LogP contribution >= 0.6 is 11.6 Å². The molecule has 3 rings (SSSR count). The van der Waals surface area contributed by atoms with Crippen molar-refractivity contribution in [3.63, 3.8) is 0 Å². The maximum atomic E-state index is 12.7. The first-order valence-electron chi connectivity index (χ1n) is 8.27. The number of methoxy groups -OCH3 is 2. The molecule has 0 unspecified atom stereocenters. The lowest BCUT2D eigenvalue weighted by Crippen LogP contribution is -2.14. The van der Waals surface area contributed by atoms with Crippen LogP contribution < -0.4 is 14.8 Å². The van der Waals surface area contributed by atoms with E-state index in [4.69, 9.17) is 21.1 Å². The molecule has 1 amide bonds. The molecule has 27 heavy (non-hydrogen) atoms. The molecule has 1 N–H and O–H groups in total. The minimum atomic E-state index is -0.355. The average molecular weight is 386 g/mol. The zero-order chi connectivity index (χ0) is 19.6. The van der Waals surface area contributed by atoms with E-state index < -0.39 is 0 Å². The van der Waals surface area contributed by atoms with Gasteiger partial charge < -0.3 is 14.8 Å². The van der Waals surface area contributed by atoms with Crippen LogP contribution in [0.5, 0.6) is 11.5 Å². The van der Waals surface area contributed by atoms with Gasteiger partial charge in [-0.25, -0.2) is 0 Å². The van der Waals surface area contributed by atoms with E-state index in [1.54, 1.807) is 29.9 Å². The minimum Gasteiger partial charge on any atom is -0.495 e. The summed E-state index contributed by atoms with van der Waals surface area (Å²) in [7, 11) is 4.81. The maximum absolute atomic E-state index is 12.7. The average Bonchev–Trinajstić information content (AvgIpc) is 3.05. The van der Waals surface area contributed by atoms with E-state index in [0.29, 0.717) is 27.9 Å². The fourth-order valence-electron chi connectivity index (χ4n) is 2.72. The quantitative estimate of drug-likeness (QED) is 0.710. The second kappa shape index (κ2) is 7.72. The van der Waals surface area contributed by atoms with E-state index in [1.165, 1.54) is 19.8 Å². The lowest BCUT2D eigenvalue weighted by atomic mass is 10.1. The van der Waals surface area contributed by atoms with Gasteiger partial charge in [0.05, 0.1) is 30.6 Å². The molecular formula is C20H20ClN3O3. The molecule has 2 aromatic carbocycles. The van der Waals surface area contributed by atoms with Gasteiger partial charge in [0.25, 0.3) is 5.91 Å². The number of nitrogens with zero attached hydrogens (tertiary/aromatic N) is 2. The third-order valence-corrected chi connectivity index (χ3v) is 4.48. The first kappa shape index (κ1) is 18.8.